The first kappa shape index (κ1) is 27.9. The Labute approximate surface area is 195 Å². The number of hydrogen-bond acceptors (Lipinski definition) is 9. The molecule has 33 heavy (non-hydrogen) atoms. The van der Waals surface area contributed by atoms with Gasteiger partial charge in [0.05, 0.1) is 39.1 Å². The normalized spacial score (nSPS) is 10.5. The molecule has 0 aliphatic rings. The van der Waals surface area contributed by atoms with Crippen molar-refractivity contribution in [2.45, 2.75) is 34.6 Å². The van der Waals surface area contributed by atoms with Crippen LogP contribution in [0.15, 0.2) is 18.2 Å². The lowest BCUT2D eigenvalue weighted by Gasteiger charge is -2.26. The molecule has 1 aromatic rings. The standard InChI is InChI=1S/C23H36N2O8/c1-16(2)14-32-22(27)30-11-9-25(10-12-31-23(28)33-15-17(3)4)20-13-19(24-18(5)26)7-8-21(20)29-6/h7-8,13,16-17H,9-12,14-15H2,1-6H3,(H,24,26). The predicted octanol–water partition coefficient (Wildman–Crippen LogP) is 4.08. The zero-order valence-corrected chi connectivity index (χ0v) is 20.3. The SMILES string of the molecule is COc1ccc(NC(C)=O)cc1N(CCOC(=O)OCC(C)C)CCOC(=O)OCC(C)C. The minimum atomic E-state index is -0.754. The van der Waals surface area contributed by atoms with E-state index in [2.05, 4.69) is 5.32 Å². The number of carbonyl (C=O) groups excluding carboxylic acids is 3. The molecule has 0 radical (unpaired) electrons. The molecule has 0 saturated carbocycles. The van der Waals surface area contributed by atoms with Gasteiger partial charge in [0.15, 0.2) is 0 Å². The summed E-state index contributed by atoms with van der Waals surface area (Å²) in [6.07, 6.45) is -1.51. The molecule has 10 nitrogen and oxygen atoms in total. The van der Waals surface area contributed by atoms with Crippen LogP contribution in [0.5, 0.6) is 5.75 Å². The Bertz CT molecular complexity index is 737. The summed E-state index contributed by atoms with van der Waals surface area (Å²) < 4.78 is 25.8. The second-order valence-electron chi connectivity index (χ2n) is 8.16. The fraction of sp³-hybridized carbons (Fsp3) is 0.609. The second-order valence-corrected chi connectivity index (χ2v) is 8.16. The fourth-order valence-corrected chi connectivity index (χ4v) is 2.60. The molecule has 0 atom stereocenters. The van der Waals surface area contributed by atoms with Gasteiger partial charge in [-0.15, -0.1) is 0 Å². The summed E-state index contributed by atoms with van der Waals surface area (Å²) in [6, 6.07) is 5.15. The fourth-order valence-electron chi connectivity index (χ4n) is 2.60. The Balaban J connectivity index is 2.87. The minimum absolute atomic E-state index is 0.0300. The molecule has 0 spiro atoms. The van der Waals surface area contributed by atoms with Crippen LogP contribution in [0.1, 0.15) is 34.6 Å². The molecular formula is C23H36N2O8. The maximum Gasteiger partial charge on any atom is 0.508 e. The van der Waals surface area contributed by atoms with E-state index in [1.165, 1.54) is 14.0 Å². The van der Waals surface area contributed by atoms with Crippen LogP contribution in [-0.2, 0) is 23.7 Å². The lowest BCUT2D eigenvalue weighted by atomic mass is 10.2. The topological polar surface area (TPSA) is 113 Å². The van der Waals surface area contributed by atoms with Crippen LogP contribution in [0.3, 0.4) is 0 Å². The highest BCUT2D eigenvalue weighted by atomic mass is 16.7. The van der Waals surface area contributed by atoms with Crippen molar-refractivity contribution >= 4 is 29.6 Å². The van der Waals surface area contributed by atoms with Crippen LogP contribution in [0, 0.1) is 11.8 Å². The van der Waals surface area contributed by atoms with Crippen LogP contribution in [-0.4, -0.2) is 64.8 Å². The zero-order valence-electron chi connectivity index (χ0n) is 20.3. The number of benzene rings is 1. The number of methoxy groups -OCH3 is 1. The molecule has 0 bridgehead atoms. The Kier molecular flexibility index (Phi) is 12.5. The van der Waals surface area contributed by atoms with Crippen molar-refractivity contribution in [3.05, 3.63) is 18.2 Å². The van der Waals surface area contributed by atoms with Gasteiger partial charge in [-0.25, -0.2) is 9.59 Å². The number of anilines is 2. The third-order valence-corrected chi connectivity index (χ3v) is 4.07. The first-order valence-electron chi connectivity index (χ1n) is 10.9. The molecule has 0 saturated heterocycles. The van der Waals surface area contributed by atoms with Crippen LogP contribution in [0.2, 0.25) is 0 Å². The Morgan fingerprint density at radius 3 is 1.82 bits per heavy atom. The van der Waals surface area contributed by atoms with Crippen molar-refractivity contribution in [3.8, 4) is 5.75 Å². The number of nitrogens with one attached hydrogen (secondary N) is 1. The summed E-state index contributed by atoms with van der Waals surface area (Å²) in [4.78, 5) is 36.8. The highest BCUT2D eigenvalue weighted by Gasteiger charge is 2.16. The van der Waals surface area contributed by atoms with Crippen LogP contribution in [0.4, 0.5) is 21.0 Å². The molecule has 1 amide bonds. The quantitative estimate of drug-likeness (QED) is 0.428. The molecular weight excluding hydrogens is 432 g/mol. The van der Waals surface area contributed by atoms with Gasteiger partial charge in [0.2, 0.25) is 5.91 Å². The Hall–Kier alpha value is -3.17. The zero-order chi connectivity index (χ0) is 24.8. The molecule has 0 aromatic heterocycles. The van der Waals surface area contributed by atoms with E-state index in [-0.39, 0.29) is 57.3 Å². The van der Waals surface area contributed by atoms with E-state index in [0.717, 1.165) is 0 Å². The van der Waals surface area contributed by atoms with Crippen LogP contribution >= 0.6 is 0 Å². The van der Waals surface area contributed by atoms with Gasteiger partial charge in [0.1, 0.15) is 19.0 Å². The van der Waals surface area contributed by atoms with E-state index in [1.807, 2.05) is 32.6 Å². The van der Waals surface area contributed by atoms with Crippen molar-refractivity contribution < 1.29 is 38.1 Å². The maximum absolute atomic E-state index is 11.8. The molecule has 1 rings (SSSR count). The van der Waals surface area contributed by atoms with Gasteiger partial charge in [-0.1, -0.05) is 27.7 Å². The monoisotopic (exact) mass is 468 g/mol. The Morgan fingerprint density at radius 1 is 0.879 bits per heavy atom. The summed E-state index contributed by atoms with van der Waals surface area (Å²) >= 11 is 0. The van der Waals surface area contributed by atoms with E-state index in [4.69, 9.17) is 23.7 Å². The second kappa shape index (κ2) is 14.8. The van der Waals surface area contributed by atoms with Gasteiger partial charge in [-0.2, -0.15) is 0 Å². The van der Waals surface area contributed by atoms with E-state index >= 15 is 0 Å². The maximum atomic E-state index is 11.8. The first-order chi connectivity index (χ1) is 15.6. The molecule has 1 aromatic carbocycles. The van der Waals surface area contributed by atoms with Gasteiger partial charge in [0.25, 0.3) is 0 Å². The molecule has 0 unspecified atom stereocenters. The van der Waals surface area contributed by atoms with Crippen molar-refractivity contribution in [1.82, 2.24) is 0 Å². The van der Waals surface area contributed by atoms with E-state index in [9.17, 15) is 14.4 Å². The molecule has 0 heterocycles. The summed E-state index contributed by atoms with van der Waals surface area (Å²) in [5, 5.41) is 2.72. The summed E-state index contributed by atoms with van der Waals surface area (Å²) in [7, 11) is 1.52. The van der Waals surface area contributed by atoms with Gasteiger partial charge < -0.3 is 33.9 Å². The van der Waals surface area contributed by atoms with Crippen LogP contribution < -0.4 is 15.0 Å². The van der Waals surface area contributed by atoms with Gasteiger partial charge in [0, 0.05) is 12.6 Å². The Morgan fingerprint density at radius 2 is 1.39 bits per heavy atom. The number of carbonyl (C=O) groups is 3. The van der Waals surface area contributed by atoms with Gasteiger partial charge in [-0.05, 0) is 30.0 Å². The molecule has 10 heteroatoms. The third kappa shape index (κ3) is 11.9. The van der Waals surface area contributed by atoms with Crippen molar-refractivity contribution in [2.75, 3.05) is 56.8 Å². The largest absolute Gasteiger partial charge is 0.508 e. The summed E-state index contributed by atoms with van der Waals surface area (Å²) in [5.74, 6) is 0.712. The summed E-state index contributed by atoms with van der Waals surface area (Å²) in [6.45, 7) is 10.2. The van der Waals surface area contributed by atoms with Gasteiger partial charge >= 0.3 is 12.3 Å². The number of ether oxygens (including phenoxy) is 5. The lowest BCUT2D eigenvalue weighted by Crippen LogP contribution is -2.33. The number of amides is 1. The average Bonchev–Trinajstić information content (AvgIpc) is 2.74. The summed E-state index contributed by atoms with van der Waals surface area (Å²) in [5.41, 5.74) is 1.19. The molecule has 186 valence electrons. The van der Waals surface area contributed by atoms with E-state index in [0.29, 0.717) is 17.1 Å². The lowest BCUT2D eigenvalue weighted by molar-refractivity contribution is -0.114. The highest BCUT2D eigenvalue weighted by molar-refractivity contribution is 5.89. The van der Waals surface area contributed by atoms with E-state index in [1.54, 1.807) is 18.2 Å². The molecule has 0 aliphatic carbocycles. The smallest absolute Gasteiger partial charge is 0.495 e. The average molecular weight is 469 g/mol. The molecule has 1 N–H and O–H groups in total. The van der Waals surface area contributed by atoms with E-state index < -0.39 is 12.3 Å². The number of rotatable bonds is 13. The van der Waals surface area contributed by atoms with Gasteiger partial charge in [-0.3, -0.25) is 4.79 Å². The first-order valence-corrected chi connectivity index (χ1v) is 10.9. The van der Waals surface area contributed by atoms with Crippen LogP contribution in [0.25, 0.3) is 0 Å². The van der Waals surface area contributed by atoms with Crippen molar-refractivity contribution in [3.63, 3.8) is 0 Å². The highest BCUT2D eigenvalue weighted by Crippen LogP contribution is 2.31. The third-order valence-electron chi connectivity index (χ3n) is 4.07. The molecule has 0 fully saturated rings. The molecule has 0 aliphatic heterocycles. The minimum Gasteiger partial charge on any atom is -0.495 e. The number of nitrogens with zero attached hydrogens (tertiary/aromatic N) is 1. The predicted molar refractivity (Wildman–Crippen MR) is 124 cm³/mol. The van der Waals surface area contributed by atoms with Crippen molar-refractivity contribution in [1.29, 1.82) is 0 Å². The number of hydrogen-bond donors (Lipinski definition) is 1. The van der Waals surface area contributed by atoms with Crippen molar-refractivity contribution in [2.24, 2.45) is 11.8 Å².